The van der Waals surface area contributed by atoms with E-state index in [1.165, 1.54) is 18.2 Å². The van der Waals surface area contributed by atoms with Crippen molar-refractivity contribution < 1.29 is 24.0 Å². The maximum absolute atomic E-state index is 12.6. The van der Waals surface area contributed by atoms with Crippen LogP contribution in [0.4, 0.5) is 5.69 Å². The first-order valence-corrected chi connectivity index (χ1v) is 11.0. The van der Waals surface area contributed by atoms with Gasteiger partial charge in [-0.05, 0) is 37.3 Å². The number of fused-ring (bicyclic) bond motifs is 1. The fourth-order valence-corrected chi connectivity index (χ4v) is 3.88. The monoisotopic (exact) mass is 452 g/mol. The molecule has 0 atom stereocenters. The topological polar surface area (TPSA) is 107 Å². The van der Waals surface area contributed by atoms with Gasteiger partial charge < -0.3 is 4.74 Å². The number of imide groups is 1. The van der Waals surface area contributed by atoms with Gasteiger partial charge >= 0.3 is 5.97 Å². The smallest absolute Gasteiger partial charge is 0.311 e. The molecule has 0 saturated heterocycles. The van der Waals surface area contributed by atoms with Gasteiger partial charge in [-0.25, -0.2) is 0 Å². The Bertz CT molecular complexity index is 1120. The Balaban J connectivity index is 1.50. The Labute approximate surface area is 192 Å². The highest BCUT2D eigenvalue weighted by molar-refractivity contribution is 6.23. The van der Waals surface area contributed by atoms with E-state index < -0.39 is 16.7 Å². The van der Waals surface area contributed by atoms with Crippen LogP contribution in [0, 0.1) is 17.0 Å². The summed E-state index contributed by atoms with van der Waals surface area (Å²) in [7, 11) is 0. The van der Waals surface area contributed by atoms with Crippen LogP contribution in [0.1, 0.15) is 78.3 Å². The van der Waals surface area contributed by atoms with E-state index in [0.717, 1.165) is 16.0 Å². The minimum Gasteiger partial charge on any atom is -0.426 e. The number of ether oxygens (including phenoxy) is 1. The quantitative estimate of drug-likeness (QED) is 0.140. The third-order valence-corrected chi connectivity index (χ3v) is 5.60. The third-order valence-electron chi connectivity index (χ3n) is 5.60. The molecule has 174 valence electrons. The van der Waals surface area contributed by atoms with Crippen LogP contribution in [0.2, 0.25) is 0 Å². The van der Waals surface area contributed by atoms with Gasteiger partial charge in [0.15, 0.2) is 0 Å². The molecule has 0 radical (unpaired) electrons. The van der Waals surface area contributed by atoms with Gasteiger partial charge in [-0.15, -0.1) is 0 Å². The van der Waals surface area contributed by atoms with Gasteiger partial charge in [-0.2, -0.15) is 0 Å². The minimum atomic E-state index is -0.655. The number of carbonyl (C=O) groups excluding carboxylic acids is 3. The molecule has 8 heteroatoms. The summed E-state index contributed by atoms with van der Waals surface area (Å²) in [6.45, 7) is 8.32. The van der Waals surface area contributed by atoms with Gasteiger partial charge in [0.25, 0.3) is 17.5 Å². The first-order valence-electron chi connectivity index (χ1n) is 11.0. The number of nitrogens with zero attached hydrogens (tertiary/aromatic N) is 2. The standard InChI is InChI=1S/C25H28N2O6/c1-16-12-13-20(18(15-16)25(2,3)4)33-21(28)11-6-5-7-14-26-23(29)17-9-8-10-19(27(31)32)22(17)24(26)30/h8-10,12-13,15H,5-7,11,14H2,1-4H3. The van der Waals surface area contributed by atoms with Crippen LogP contribution >= 0.6 is 0 Å². The highest BCUT2D eigenvalue weighted by atomic mass is 16.6. The Morgan fingerprint density at radius 2 is 1.79 bits per heavy atom. The number of rotatable bonds is 8. The zero-order valence-corrected chi connectivity index (χ0v) is 19.3. The molecular formula is C25H28N2O6. The van der Waals surface area contributed by atoms with E-state index in [0.29, 0.717) is 25.0 Å². The van der Waals surface area contributed by atoms with E-state index in [-0.39, 0.29) is 41.2 Å². The zero-order chi connectivity index (χ0) is 24.3. The van der Waals surface area contributed by atoms with Crippen molar-refractivity contribution >= 4 is 23.5 Å². The summed E-state index contributed by atoms with van der Waals surface area (Å²) in [5.41, 5.74) is 1.45. The zero-order valence-electron chi connectivity index (χ0n) is 19.3. The SMILES string of the molecule is Cc1ccc(OC(=O)CCCCCN2C(=O)c3cccc([N+](=O)[O-])c3C2=O)c(C(C)(C)C)c1. The summed E-state index contributed by atoms with van der Waals surface area (Å²) >= 11 is 0. The molecule has 0 spiro atoms. The predicted octanol–water partition coefficient (Wildman–Crippen LogP) is 4.96. The van der Waals surface area contributed by atoms with Crippen molar-refractivity contribution in [2.24, 2.45) is 0 Å². The van der Waals surface area contributed by atoms with Crippen molar-refractivity contribution in [3.05, 3.63) is 68.8 Å². The van der Waals surface area contributed by atoms with Crippen molar-refractivity contribution in [2.45, 2.75) is 58.8 Å². The number of benzene rings is 2. The molecule has 0 bridgehead atoms. The van der Waals surface area contributed by atoms with Gasteiger partial charge in [0.2, 0.25) is 0 Å². The number of nitro benzene ring substituents is 1. The molecule has 0 saturated carbocycles. The Kier molecular flexibility index (Phi) is 6.95. The highest BCUT2D eigenvalue weighted by Gasteiger charge is 2.40. The largest absolute Gasteiger partial charge is 0.426 e. The number of amides is 2. The lowest BCUT2D eigenvalue weighted by Gasteiger charge is -2.22. The second-order valence-corrected chi connectivity index (χ2v) is 9.25. The fourth-order valence-electron chi connectivity index (χ4n) is 3.88. The molecular weight excluding hydrogens is 424 g/mol. The summed E-state index contributed by atoms with van der Waals surface area (Å²) in [5.74, 6) is -0.936. The first kappa shape index (κ1) is 24.1. The first-order chi connectivity index (χ1) is 15.5. The van der Waals surface area contributed by atoms with E-state index in [4.69, 9.17) is 4.74 Å². The molecule has 0 aliphatic carbocycles. The van der Waals surface area contributed by atoms with Crippen molar-refractivity contribution in [3.8, 4) is 5.75 Å². The molecule has 3 rings (SSSR count). The van der Waals surface area contributed by atoms with Crippen LogP contribution in [0.25, 0.3) is 0 Å². The Hall–Kier alpha value is -3.55. The van der Waals surface area contributed by atoms with Crippen molar-refractivity contribution in [3.63, 3.8) is 0 Å². The molecule has 0 aromatic heterocycles. The van der Waals surface area contributed by atoms with Gasteiger partial charge in [0.1, 0.15) is 11.3 Å². The second-order valence-electron chi connectivity index (χ2n) is 9.25. The summed E-state index contributed by atoms with van der Waals surface area (Å²) in [5, 5.41) is 11.2. The average molecular weight is 453 g/mol. The Morgan fingerprint density at radius 3 is 2.45 bits per heavy atom. The van der Waals surface area contributed by atoms with Crippen molar-refractivity contribution in [1.29, 1.82) is 0 Å². The number of unbranched alkanes of at least 4 members (excludes halogenated alkanes) is 2. The molecule has 2 aromatic carbocycles. The lowest BCUT2D eigenvalue weighted by atomic mass is 9.85. The average Bonchev–Trinajstić information content (AvgIpc) is 2.98. The highest BCUT2D eigenvalue weighted by Crippen LogP contribution is 2.33. The molecule has 0 fully saturated rings. The van der Waals surface area contributed by atoms with Crippen molar-refractivity contribution in [2.75, 3.05) is 6.54 Å². The van der Waals surface area contributed by atoms with Crippen LogP contribution in [-0.2, 0) is 10.2 Å². The normalized spacial score (nSPS) is 13.3. The molecule has 1 aliphatic heterocycles. The number of carbonyl (C=O) groups is 3. The van der Waals surface area contributed by atoms with Crippen LogP contribution in [0.5, 0.6) is 5.75 Å². The summed E-state index contributed by atoms with van der Waals surface area (Å²) in [6.07, 6.45) is 1.85. The van der Waals surface area contributed by atoms with E-state index in [9.17, 15) is 24.5 Å². The number of aryl methyl sites for hydroxylation is 1. The lowest BCUT2D eigenvalue weighted by molar-refractivity contribution is -0.385. The van der Waals surface area contributed by atoms with E-state index in [1.807, 2.05) is 25.1 Å². The maximum atomic E-state index is 12.6. The van der Waals surface area contributed by atoms with Gasteiger partial charge in [-0.3, -0.25) is 29.4 Å². The fraction of sp³-hybridized carbons (Fsp3) is 0.400. The number of nitro groups is 1. The van der Waals surface area contributed by atoms with Crippen LogP contribution in [0.15, 0.2) is 36.4 Å². The second kappa shape index (κ2) is 9.52. The number of hydrogen-bond acceptors (Lipinski definition) is 6. The van der Waals surface area contributed by atoms with Crippen LogP contribution in [0.3, 0.4) is 0 Å². The number of esters is 1. The minimum absolute atomic E-state index is 0.0607. The summed E-state index contributed by atoms with van der Waals surface area (Å²) in [6, 6.07) is 9.79. The summed E-state index contributed by atoms with van der Waals surface area (Å²) in [4.78, 5) is 49.0. The number of hydrogen-bond donors (Lipinski definition) is 0. The van der Waals surface area contributed by atoms with E-state index >= 15 is 0 Å². The molecule has 0 unspecified atom stereocenters. The molecule has 2 aromatic rings. The van der Waals surface area contributed by atoms with Crippen LogP contribution < -0.4 is 4.74 Å². The van der Waals surface area contributed by atoms with Gasteiger partial charge in [-0.1, -0.05) is 51.0 Å². The lowest BCUT2D eigenvalue weighted by Crippen LogP contribution is -2.30. The van der Waals surface area contributed by atoms with E-state index in [1.54, 1.807) is 0 Å². The van der Waals surface area contributed by atoms with Crippen molar-refractivity contribution in [1.82, 2.24) is 4.90 Å². The maximum Gasteiger partial charge on any atom is 0.311 e. The third kappa shape index (κ3) is 5.27. The van der Waals surface area contributed by atoms with Gasteiger partial charge in [0, 0.05) is 24.6 Å². The molecule has 0 N–H and O–H groups in total. The molecule has 8 nitrogen and oxygen atoms in total. The predicted molar refractivity (Wildman–Crippen MR) is 122 cm³/mol. The molecule has 33 heavy (non-hydrogen) atoms. The van der Waals surface area contributed by atoms with Crippen LogP contribution in [-0.4, -0.2) is 34.2 Å². The summed E-state index contributed by atoms with van der Waals surface area (Å²) < 4.78 is 5.60. The Morgan fingerprint density at radius 1 is 1.06 bits per heavy atom. The van der Waals surface area contributed by atoms with E-state index in [2.05, 4.69) is 20.8 Å². The molecule has 2 amide bonds. The molecule has 1 aliphatic rings. The molecule has 1 heterocycles. The van der Waals surface area contributed by atoms with Gasteiger partial charge in [0.05, 0.1) is 10.5 Å².